The summed E-state index contributed by atoms with van der Waals surface area (Å²) in [6, 6.07) is 0. The molecule has 10 heavy (non-hydrogen) atoms. The van der Waals surface area contributed by atoms with E-state index in [0.717, 1.165) is 25.9 Å². The molecule has 0 aromatic carbocycles. The van der Waals surface area contributed by atoms with Gasteiger partial charge in [0.1, 0.15) is 0 Å². The molecule has 2 N–H and O–H groups in total. The highest BCUT2D eigenvalue weighted by Gasteiger charge is 2.26. The van der Waals surface area contributed by atoms with Crippen LogP contribution in [0.3, 0.4) is 0 Å². The second-order valence-corrected chi connectivity index (χ2v) is 3.00. The quantitative estimate of drug-likeness (QED) is 0.554. The summed E-state index contributed by atoms with van der Waals surface area (Å²) in [4.78, 5) is 0. The normalized spacial score (nSPS) is 33.7. The first kappa shape index (κ1) is 7.76. The largest absolute Gasteiger partial charge is 0.388 e. The molecule has 2 nitrogen and oxygen atoms in total. The predicted octanol–water partition coefficient (Wildman–Crippen LogP) is 0.677. The van der Waals surface area contributed by atoms with E-state index in [9.17, 15) is 5.11 Å². The van der Waals surface area contributed by atoms with Crippen LogP contribution in [0.25, 0.3) is 0 Å². The van der Waals surface area contributed by atoms with Crippen molar-refractivity contribution in [2.45, 2.75) is 24.9 Å². The first-order valence-electron chi connectivity index (χ1n) is 3.81. The van der Waals surface area contributed by atoms with Gasteiger partial charge in [0.05, 0.1) is 5.60 Å². The van der Waals surface area contributed by atoms with Crippen molar-refractivity contribution in [2.24, 2.45) is 0 Å². The van der Waals surface area contributed by atoms with Gasteiger partial charge >= 0.3 is 0 Å². The molecule has 0 aromatic heterocycles. The third-order valence-electron chi connectivity index (χ3n) is 1.97. The zero-order chi connectivity index (χ0) is 7.45. The van der Waals surface area contributed by atoms with Crippen molar-refractivity contribution in [1.82, 2.24) is 5.32 Å². The van der Waals surface area contributed by atoms with E-state index in [-0.39, 0.29) is 0 Å². The van der Waals surface area contributed by atoms with Crippen molar-refractivity contribution in [3.8, 4) is 0 Å². The van der Waals surface area contributed by atoms with Gasteiger partial charge in [0.2, 0.25) is 0 Å². The summed E-state index contributed by atoms with van der Waals surface area (Å²) in [5.74, 6) is 0. The van der Waals surface area contributed by atoms with Gasteiger partial charge in [-0.1, -0.05) is 6.08 Å². The molecule has 1 fully saturated rings. The molecule has 58 valence electrons. The lowest BCUT2D eigenvalue weighted by molar-refractivity contribution is 0.0195. The minimum absolute atomic E-state index is 0.500. The van der Waals surface area contributed by atoms with Crippen molar-refractivity contribution >= 4 is 0 Å². The number of rotatable bonds is 2. The Morgan fingerprint density at radius 1 is 1.70 bits per heavy atom. The number of aliphatic hydroxyl groups is 1. The molecular formula is C8H15NO. The van der Waals surface area contributed by atoms with Crippen LogP contribution in [-0.4, -0.2) is 23.8 Å². The lowest BCUT2D eigenvalue weighted by Gasteiger charge is -2.31. The zero-order valence-corrected chi connectivity index (χ0v) is 6.27. The van der Waals surface area contributed by atoms with E-state index in [0.29, 0.717) is 6.42 Å². The summed E-state index contributed by atoms with van der Waals surface area (Å²) in [6.45, 7) is 5.37. The van der Waals surface area contributed by atoms with Crippen LogP contribution in [0, 0.1) is 0 Å². The van der Waals surface area contributed by atoms with Crippen molar-refractivity contribution < 1.29 is 5.11 Å². The van der Waals surface area contributed by atoms with Gasteiger partial charge in [0.25, 0.3) is 0 Å². The SMILES string of the molecule is C=CCC1(O)CCCNC1. The van der Waals surface area contributed by atoms with Gasteiger partial charge < -0.3 is 10.4 Å². The average Bonchev–Trinajstić information content (AvgIpc) is 1.89. The maximum Gasteiger partial charge on any atom is 0.0806 e. The van der Waals surface area contributed by atoms with Crippen LogP contribution in [0.4, 0.5) is 0 Å². The molecule has 1 saturated heterocycles. The Bertz CT molecular complexity index is 116. The topological polar surface area (TPSA) is 32.3 Å². The molecule has 1 atom stereocenters. The second kappa shape index (κ2) is 3.17. The van der Waals surface area contributed by atoms with Crippen molar-refractivity contribution in [2.75, 3.05) is 13.1 Å². The Morgan fingerprint density at radius 3 is 3.00 bits per heavy atom. The molecule has 1 unspecified atom stereocenters. The smallest absolute Gasteiger partial charge is 0.0806 e. The second-order valence-electron chi connectivity index (χ2n) is 3.00. The number of β-amino-alcohol motifs (C(OH)–C–C–N with tert-alkyl or cyclic N) is 1. The van der Waals surface area contributed by atoms with Crippen LogP contribution in [0.5, 0.6) is 0 Å². The predicted molar refractivity (Wildman–Crippen MR) is 41.9 cm³/mol. The highest BCUT2D eigenvalue weighted by molar-refractivity contribution is 4.90. The fraction of sp³-hybridized carbons (Fsp3) is 0.750. The first-order chi connectivity index (χ1) is 4.77. The minimum atomic E-state index is -0.500. The standard InChI is InChI=1S/C8H15NO/c1-2-4-8(10)5-3-6-9-7-8/h2,9-10H,1,3-7H2. The third-order valence-corrected chi connectivity index (χ3v) is 1.97. The summed E-state index contributed by atoms with van der Waals surface area (Å²) in [5.41, 5.74) is -0.500. The van der Waals surface area contributed by atoms with Gasteiger partial charge in [-0.3, -0.25) is 0 Å². The molecule has 0 radical (unpaired) electrons. The van der Waals surface area contributed by atoms with Crippen molar-refractivity contribution in [3.05, 3.63) is 12.7 Å². The van der Waals surface area contributed by atoms with E-state index in [1.807, 2.05) is 0 Å². The molecule has 0 saturated carbocycles. The number of piperidine rings is 1. The molecule has 2 heteroatoms. The van der Waals surface area contributed by atoms with Crippen LogP contribution >= 0.6 is 0 Å². The van der Waals surface area contributed by atoms with E-state index in [4.69, 9.17) is 0 Å². The number of hydrogen-bond donors (Lipinski definition) is 2. The molecule has 0 bridgehead atoms. The summed E-state index contributed by atoms with van der Waals surface area (Å²) in [5, 5.41) is 12.9. The number of nitrogens with one attached hydrogen (secondary N) is 1. The van der Waals surface area contributed by atoms with E-state index in [1.54, 1.807) is 6.08 Å². The van der Waals surface area contributed by atoms with Gasteiger partial charge in [-0.15, -0.1) is 6.58 Å². The molecule has 1 aliphatic heterocycles. The molecule has 0 amide bonds. The Kier molecular flexibility index (Phi) is 2.46. The van der Waals surface area contributed by atoms with Gasteiger partial charge in [0, 0.05) is 6.54 Å². The Labute approximate surface area is 61.9 Å². The van der Waals surface area contributed by atoms with Gasteiger partial charge in [-0.25, -0.2) is 0 Å². The molecule has 0 spiro atoms. The van der Waals surface area contributed by atoms with Gasteiger partial charge in [-0.05, 0) is 25.8 Å². The third kappa shape index (κ3) is 1.82. The summed E-state index contributed by atoms with van der Waals surface area (Å²) in [6.07, 6.45) is 4.48. The molecule has 1 rings (SSSR count). The highest BCUT2D eigenvalue weighted by atomic mass is 16.3. The average molecular weight is 141 g/mol. The van der Waals surface area contributed by atoms with E-state index in [1.165, 1.54) is 0 Å². The maximum absolute atomic E-state index is 9.74. The Hall–Kier alpha value is -0.340. The maximum atomic E-state index is 9.74. The minimum Gasteiger partial charge on any atom is -0.388 e. The lowest BCUT2D eigenvalue weighted by Crippen LogP contribution is -2.45. The van der Waals surface area contributed by atoms with Crippen LogP contribution in [0.15, 0.2) is 12.7 Å². The zero-order valence-electron chi connectivity index (χ0n) is 6.27. The molecule has 0 aliphatic carbocycles. The van der Waals surface area contributed by atoms with Crippen LogP contribution in [0.1, 0.15) is 19.3 Å². The molecular weight excluding hydrogens is 126 g/mol. The Morgan fingerprint density at radius 2 is 2.50 bits per heavy atom. The fourth-order valence-electron chi connectivity index (χ4n) is 1.39. The molecule has 0 aromatic rings. The van der Waals surface area contributed by atoms with Gasteiger partial charge in [0.15, 0.2) is 0 Å². The monoisotopic (exact) mass is 141 g/mol. The number of hydrogen-bond acceptors (Lipinski definition) is 2. The fourth-order valence-corrected chi connectivity index (χ4v) is 1.39. The van der Waals surface area contributed by atoms with Crippen LogP contribution in [0.2, 0.25) is 0 Å². The van der Waals surface area contributed by atoms with Crippen LogP contribution < -0.4 is 5.32 Å². The van der Waals surface area contributed by atoms with E-state index >= 15 is 0 Å². The van der Waals surface area contributed by atoms with E-state index < -0.39 is 5.60 Å². The summed E-state index contributed by atoms with van der Waals surface area (Å²) >= 11 is 0. The van der Waals surface area contributed by atoms with Crippen LogP contribution in [-0.2, 0) is 0 Å². The summed E-state index contributed by atoms with van der Waals surface area (Å²) < 4.78 is 0. The molecule has 1 aliphatic rings. The van der Waals surface area contributed by atoms with Crippen molar-refractivity contribution in [1.29, 1.82) is 0 Å². The summed E-state index contributed by atoms with van der Waals surface area (Å²) in [7, 11) is 0. The van der Waals surface area contributed by atoms with Crippen molar-refractivity contribution in [3.63, 3.8) is 0 Å². The highest BCUT2D eigenvalue weighted by Crippen LogP contribution is 2.19. The lowest BCUT2D eigenvalue weighted by atomic mass is 9.91. The Balaban J connectivity index is 2.39. The molecule has 1 heterocycles. The van der Waals surface area contributed by atoms with E-state index in [2.05, 4.69) is 11.9 Å². The van der Waals surface area contributed by atoms with Gasteiger partial charge in [-0.2, -0.15) is 0 Å². The first-order valence-corrected chi connectivity index (χ1v) is 3.81.